The number of nitrogens with zero attached hydrogens (tertiary/aromatic N) is 5. The first-order valence-electron chi connectivity index (χ1n) is 9.09. The van der Waals surface area contributed by atoms with Gasteiger partial charge in [0.1, 0.15) is 0 Å². The maximum atomic E-state index is 9.75. The summed E-state index contributed by atoms with van der Waals surface area (Å²) in [6.07, 6.45) is -0.553. The second-order valence-corrected chi connectivity index (χ2v) is 7.04. The molecule has 5 N–H and O–H groups in total. The van der Waals surface area contributed by atoms with Crippen molar-refractivity contribution in [3.8, 4) is 11.5 Å². The molecule has 2 heterocycles. The van der Waals surface area contributed by atoms with Crippen LogP contribution in [0.3, 0.4) is 0 Å². The van der Waals surface area contributed by atoms with E-state index in [1.165, 1.54) is 12.1 Å². The summed E-state index contributed by atoms with van der Waals surface area (Å²) in [6, 6.07) is 4.46. The zero-order valence-electron chi connectivity index (χ0n) is 16.2. The fraction of sp³-hybridized carbons (Fsp3) is 0.444. The normalized spacial score (nSPS) is 13.6. The van der Waals surface area contributed by atoms with Crippen molar-refractivity contribution in [2.45, 2.75) is 45.9 Å². The summed E-state index contributed by atoms with van der Waals surface area (Å²) in [5.41, 5.74) is 1.85. The van der Waals surface area contributed by atoms with Crippen molar-refractivity contribution < 1.29 is 15.3 Å². The summed E-state index contributed by atoms with van der Waals surface area (Å²) < 4.78 is 1.70. The van der Waals surface area contributed by atoms with Crippen molar-refractivity contribution in [1.29, 1.82) is 0 Å². The van der Waals surface area contributed by atoms with Gasteiger partial charge in [-0.05, 0) is 45.4 Å². The monoisotopic (exact) mass is 387 g/mol. The van der Waals surface area contributed by atoms with Gasteiger partial charge in [-0.15, -0.1) is 5.10 Å². The van der Waals surface area contributed by atoms with Crippen LogP contribution in [0, 0.1) is 0 Å². The Balaban J connectivity index is 1.98. The topological polar surface area (TPSA) is 141 Å². The van der Waals surface area contributed by atoms with E-state index in [0.717, 1.165) is 5.56 Å². The fourth-order valence-corrected chi connectivity index (χ4v) is 2.69. The molecule has 0 spiro atoms. The first-order valence-corrected chi connectivity index (χ1v) is 9.09. The van der Waals surface area contributed by atoms with Gasteiger partial charge in [-0.1, -0.05) is 11.3 Å². The number of aromatic nitrogens is 5. The lowest BCUT2D eigenvalue weighted by molar-refractivity contribution is 0.208. The summed E-state index contributed by atoms with van der Waals surface area (Å²) in [4.78, 5) is 8.97. The highest BCUT2D eigenvalue weighted by atomic mass is 16.3. The number of anilines is 2. The van der Waals surface area contributed by atoms with Crippen molar-refractivity contribution in [3.63, 3.8) is 0 Å². The van der Waals surface area contributed by atoms with Crippen LogP contribution in [0.25, 0.3) is 11.2 Å². The zero-order chi connectivity index (χ0) is 20.4. The third-order valence-corrected chi connectivity index (χ3v) is 4.22. The van der Waals surface area contributed by atoms with E-state index in [1.807, 2.05) is 20.8 Å². The van der Waals surface area contributed by atoms with Gasteiger partial charge in [0.05, 0.1) is 18.2 Å². The summed E-state index contributed by atoms with van der Waals surface area (Å²) in [5.74, 6) is 0.458. The number of fused-ring (bicyclic) bond motifs is 1. The van der Waals surface area contributed by atoms with Gasteiger partial charge >= 0.3 is 0 Å². The lowest BCUT2D eigenvalue weighted by Crippen LogP contribution is -2.18. The van der Waals surface area contributed by atoms with E-state index in [1.54, 1.807) is 17.7 Å². The maximum Gasteiger partial charge on any atom is 0.226 e. The number of benzene rings is 1. The lowest BCUT2D eigenvalue weighted by Gasteiger charge is -2.17. The Morgan fingerprint density at radius 2 is 1.82 bits per heavy atom. The highest BCUT2D eigenvalue weighted by molar-refractivity contribution is 5.83. The van der Waals surface area contributed by atoms with Crippen molar-refractivity contribution in [2.75, 3.05) is 17.2 Å². The molecule has 150 valence electrons. The summed E-state index contributed by atoms with van der Waals surface area (Å²) in [7, 11) is 0. The molecule has 1 aromatic carbocycles. The Bertz CT molecular complexity index is 971. The van der Waals surface area contributed by atoms with E-state index in [2.05, 4.69) is 30.9 Å². The number of hydrogen-bond acceptors (Lipinski definition) is 9. The van der Waals surface area contributed by atoms with Crippen molar-refractivity contribution in [2.24, 2.45) is 0 Å². The molecule has 0 radical (unpaired) electrons. The minimum Gasteiger partial charge on any atom is -0.504 e. The molecule has 3 aromatic rings. The first kappa shape index (κ1) is 19.6. The van der Waals surface area contributed by atoms with Gasteiger partial charge in [-0.2, -0.15) is 9.97 Å². The van der Waals surface area contributed by atoms with Crippen LogP contribution in [-0.2, 0) is 0 Å². The Hall–Kier alpha value is -3.14. The van der Waals surface area contributed by atoms with Gasteiger partial charge < -0.3 is 26.0 Å². The molecule has 0 aliphatic carbocycles. The van der Waals surface area contributed by atoms with Gasteiger partial charge in [0.2, 0.25) is 5.95 Å². The zero-order valence-corrected chi connectivity index (χ0v) is 16.2. The van der Waals surface area contributed by atoms with Crippen molar-refractivity contribution >= 4 is 22.9 Å². The Labute approximate surface area is 162 Å². The van der Waals surface area contributed by atoms with Crippen LogP contribution in [-0.4, -0.2) is 52.9 Å². The largest absolute Gasteiger partial charge is 0.504 e. The molecule has 0 aliphatic heterocycles. The predicted octanol–water partition coefficient (Wildman–Crippen LogP) is 2.18. The van der Waals surface area contributed by atoms with E-state index in [0.29, 0.717) is 29.5 Å². The Kier molecular flexibility index (Phi) is 5.50. The molecule has 10 nitrogen and oxygen atoms in total. The summed E-state index contributed by atoms with van der Waals surface area (Å²) >= 11 is 0. The lowest BCUT2D eigenvalue weighted by atomic mass is 10.1. The number of aliphatic hydroxyl groups is 1. The van der Waals surface area contributed by atoms with E-state index in [-0.39, 0.29) is 23.6 Å². The molecule has 0 saturated carbocycles. The number of aliphatic hydroxyl groups excluding tert-OH is 1. The highest BCUT2D eigenvalue weighted by Gasteiger charge is 2.18. The number of phenolic OH excluding ortho intramolecular Hbond substituents is 2. The predicted molar refractivity (Wildman–Crippen MR) is 105 cm³/mol. The van der Waals surface area contributed by atoms with Crippen LogP contribution < -0.4 is 10.6 Å². The molecule has 0 amide bonds. The molecule has 0 saturated heterocycles. The van der Waals surface area contributed by atoms with Crippen LogP contribution >= 0.6 is 0 Å². The van der Waals surface area contributed by atoms with Gasteiger partial charge in [0.25, 0.3) is 0 Å². The molecule has 28 heavy (non-hydrogen) atoms. The average molecular weight is 387 g/mol. The summed E-state index contributed by atoms with van der Waals surface area (Å²) in [5, 5.41) is 43.5. The van der Waals surface area contributed by atoms with E-state index < -0.39 is 6.10 Å². The van der Waals surface area contributed by atoms with Crippen molar-refractivity contribution in [1.82, 2.24) is 25.0 Å². The maximum absolute atomic E-state index is 9.75. The van der Waals surface area contributed by atoms with Crippen LogP contribution in [0.1, 0.15) is 45.3 Å². The minimum absolute atomic E-state index is 0.0591. The molecule has 0 aliphatic rings. The molecule has 0 fully saturated rings. The van der Waals surface area contributed by atoms with Crippen LogP contribution in [0.2, 0.25) is 0 Å². The van der Waals surface area contributed by atoms with E-state index >= 15 is 0 Å². The second-order valence-electron chi connectivity index (χ2n) is 7.04. The third-order valence-electron chi connectivity index (χ3n) is 4.22. The van der Waals surface area contributed by atoms with Crippen molar-refractivity contribution in [3.05, 3.63) is 23.8 Å². The number of rotatable bonds is 7. The molecule has 2 atom stereocenters. The Morgan fingerprint density at radius 3 is 2.46 bits per heavy atom. The van der Waals surface area contributed by atoms with Crippen LogP contribution in [0.15, 0.2) is 18.2 Å². The smallest absolute Gasteiger partial charge is 0.226 e. The third kappa shape index (κ3) is 4.06. The molecule has 2 unspecified atom stereocenters. The molecular weight excluding hydrogens is 362 g/mol. The fourth-order valence-electron chi connectivity index (χ4n) is 2.69. The number of hydrogen-bond donors (Lipinski definition) is 5. The standard InChI is InChI=1S/C18H25N7O3/c1-9(2)25-17-15(23-24-25)16(21-18(22-17)19-8-10(3)26)20-11(4)12-5-6-13(27)14(28)7-12/h5-7,9-11,26-28H,8H2,1-4H3,(H2,19,20,21,22). The first-order chi connectivity index (χ1) is 13.3. The number of phenols is 2. The molecule has 3 rings (SSSR count). The number of aromatic hydroxyl groups is 2. The average Bonchev–Trinajstić information content (AvgIpc) is 3.06. The van der Waals surface area contributed by atoms with E-state index in [4.69, 9.17) is 0 Å². The van der Waals surface area contributed by atoms with E-state index in [9.17, 15) is 15.3 Å². The Morgan fingerprint density at radius 1 is 1.07 bits per heavy atom. The van der Waals surface area contributed by atoms with Gasteiger partial charge in [-0.3, -0.25) is 0 Å². The molecule has 0 bridgehead atoms. The quantitative estimate of drug-likeness (QED) is 0.386. The molecule has 10 heteroatoms. The van der Waals surface area contributed by atoms with Gasteiger partial charge in [0.15, 0.2) is 28.5 Å². The molecular formula is C18H25N7O3. The van der Waals surface area contributed by atoms with Crippen LogP contribution in [0.4, 0.5) is 11.8 Å². The van der Waals surface area contributed by atoms with Gasteiger partial charge in [0, 0.05) is 6.54 Å². The minimum atomic E-state index is -0.553. The highest BCUT2D eigenvalue weighted by Crippen LogP contribution is 2.30. The van der Waals surface area contributed by atoms with Gasteiger partial charge in [-0.25, -0.2) is 4.68 Å². The summed E-state index contributed by atoms with van der Waals surface area (Å²) in [6.45, 7) is 7.83. The SMILES string of the molecule is CC(O)CNc1nc(NC(C)c2ccc(O)c(O)c2)c2nnn(C(C)C)c2n1. The number of nitrogens with one attached hydrogen (secondary N) is 2. The van der Waals surface area contributed by atoms with Crippen LogP contribution in [0.5, 0.6) is 11.5 Å². The second kappa shape index (κ2) is 7.85. The molecule has 2 aromatic heterocycles.